The van der Waals surface area contributed by atoms with Crippen LogP contribution in [0.15, 0.2) is 75.9 Å². The highest BCUT2D eigenvalue weighted by Gasteiger charge is 2.19. The normalized spacial score (nSPS) is 10.9. The van der Waals surface area contributed by atoms with Gasteiger partial charge in [0.05, 0.1) is 6.42 Å². The van der Waals surface area contributed by atoms with E-state index in [-0.39, 0.29) is 6.42 Å². The van der Waals surface area contributed by atoms with Crippen molar-refractivity contribution in [1.29, 1.82) is 0 Å². The number of esters is 1. The third-order valence-electron chi connectivity index (χ3n) is 4.82. The maximum Gasteiger partial charge on any atom is 0.315 e. The molecule has 0 aliphatic rings. The Bertz CT molecular complexity index is 1410. The van der Waals surface area contributed by atoms with Gasteiger partial charge in [-0.25, -0.2) is 0 Å². The number of aromatic nitrogens is 2. The van der Waals surface area contributed by atoms with Crippen LogP contribution in [0.2, 0.25) is 0 Å². The van der Waals surface area contributed by atoms with Gasteiger partial charge in [0, 0.05) is 16.5 Å². The lowest BCUT2D eigenvalue weighted by atomic mass is 10.0. The van der Waals surface area contributed by atoms with Crippen LogP contribution in [0.3, 0.4) is 0 Å². The summed E-state index contributed by atoms with van der Waals surface area (Å²) in [5, 5.41) is 10.4. The van der Waals surface area contributed by atoms with Crippen molar-refractivity contribution < 1.29 is 18.4 Å². The number of fused-ring (bicyclic) bond motifs is 3. The minimum Gasteiger partial charge on any atom is -0.447 e. The standard InChI is InChI=1S/C24H14N2O4/c1-2-20-19(23-18-6-4-3-5-15(18)9-12-21(23)30-20)13-22(27)29-17-10-7-16(8-11-17)24-26-25-14-28-24/h1,3-12,14H,13H2. The summed E-state index contributed by atoms with van der Waals surface area (Å²) in [6.45, 7) is 0. The van der Waals surface area contributed by atoms with E-state index in [4.69, 9.17) is 20.0 Å². The van der Waals surface area contributed by atoms with Gasteiger partial charge >= 0.3 is 5.97 Å². The molecule has 2 heterocycles. The minimum absolute atomic E-state index is 0.00798. The zero-order valence-corrected chi connectivity index (χ0v) is 15.7. The molecule has 0 N–H and O–H groups in total. The SMILES string of the molecule is C#Cc1oc2ccc3ccccc3c2c1CC(=O)Oc1ccc(-c2nnco2)cc1. The summed E-state index contributed by atoms with van der Waals surface area (Å²) >= 11 is 0. The number of carbonyl (C=O) groups is 1. The second kappa shape index (κ2) is 7.22. The topological polar surface area (TPSA) is 78.4 Å². The molecule has 0 saturated heterocycles. The highest BCUT2D eigenvalue weighted by molar-refractivity contribution is 6.09. The van der Waals surface area contributed by atoms with Crippen LogP contribution >= 0.6 is 0 Å². The Kier molecular flexibility index (Phi) is 4.26. The lowest BCUT2D eigenvalue weighted by Gasteiger charge is -2.05. The fourth-order valence-electron chi connectivity index (χ4n) is 3.49. The number of carbonyl (C=O) groups excluding carboxylic acids is 1. The average Bonchev–Trinajstić information content (AvgIpc) is 3.43. The molecule has 5 aromatic rings. The molecule has 5 rings (SSSR count). The molecule has 0 unspecified atom stereocenters. The van der Waals surface area contributed by atoms with Gasteiger partial charge in [-0.05, 0) is 47.0 Å². The van der Waals surface area contributed by atoms with Crippen LogP contribution < -0.4 is 4.74 Å². The Labute approximate surface area is 171 Å². The van der Waals surface area contributed by atoms with Gasteiger partial charge in [-0.2, -0.15) is 0 Å². The molecular formula is C24H14N2O4. The quantitative estimate of drug-likeness (QED) is 0.248. The first kappa shape index (κ1) is 17.7. The van der Waals surface area contributed by atoms with Gasteiger partial charge < -0.3 is 13.6 Å². The molecular weight excluding hydrogens is 380 g/mol. The van der Waals surface area contributed by atoms with Crippen LogP contribution in [0.1, 0.15) is 11.3 Å². The Morgan fingerprint density at radius 3 is 2.67 bits per heavy atom. The molecule has 0 spiro atoms. The summed E-state index contributed by atoms with van der Waals surface area (Å²) in [7, 11) is 0. The lowest BCUT2D eigenvalue weighted by molar-refractivity contribution is -0.133. The maximum absolute atomic E-state index is 12.7. The molecule has 30 heavy (non-hydrogen) atoms. The third-order valence-corrected chi connectivity index (χ3v) is 4.82. The van der Waals surface area contributed by atoms with E-state index in [2.05, 4.69) is 16.1 Å². The van der Waals surface area contributed by atoms with Crippen molar-refractivity contribution in [1.82, 2.24) is 10.2 Å². The molecule has 0 fully saturated rings. The minimum atomic E-state index is -0.437. The number of furan rings is 1. The van der Waals surface area contributed by atoms with Crippen molar-refractivity contribution in [2.24, 2.45) is 0 Å². The Morgan fingerprint density at radius 1 is 1.07 bits per heavy atom. The van der Waals surface area contributed by atoms with Gasteiger partial charge in [-0.3, -0.25) is 4.79 Å². The second-order valence-electron chi connectivity index (χ2n) is 6.63. The zero-order valence-electron chi connectivity index (χ0n) is 15.7. The number of ether oxygens (including phenoxy) is 1. The van der Waals surface area contributed by atoms with E-state index in [1.54, 1.807) is 24.3 Å². The fourth-order valence-corrected chi connectivity index (χ4v) is 3.49. The predicted octanol–water partition coefficient (Wildman–Crippen LogP) is 4.77. The third kappa shape index (κ3) is 3.09. The summed E-state index contributed by atoms with van der Waals surface area (Å²) in [5.74, 6) is 3.24. The predicted molar refractivity (Wildman–Crippen MR) is 111 cm³/mol. The summed E-state index contributed by atoms with van der Waals surface area (Å²) < 4.78 is 16.5. The molecule has 0 aliphatic carbocycles. The van der Waals surface area contributed by atoms with E-state index in [0.29, 0.717) is 28.5 Å². The second-order valence-corrected chi connectivity index (χ2v) is 6.63. The lowest BCUT2D eigenvalue weighted by Crippen LogP contribution is -2.11. The Morgan fingerprint density at radius 2 is 1.90 bits per heavy atom. The highest BCUT2D eigenvalue weighted by Crippen LogP contribution is 2.33. The van der Waals surface area contributed by atoms with E-state index in [1.807, 2.05) is 36.4 Å². The monoisotopic (exact) mass is 394 g/mol. The van der Waals surface area contributed by atoms with Crippen molar-refractivity contribution in [2.45, 2.75) is 6.42 Å². The van der Waals surface area contributed by atoms with Gasteiger partial charge in [0.1, 0.15) is 11.3 Å². The molecule has 6 nitrogen and oxygen atoms in total. The van der Waals surface area contributed by atoms with Gasteiger partial charge in [0.2, 0.25) is 12.3 Å². The van der Waals surface area contributed by atoms with Crippen molar-refractivity contribution in [3.63, 3.8) is 0 Å². The number of hydrogen-bond acceptors (Lipinski definition) is 6. The van der Waals surface area contributed by atoms with E-state index in [0.717, 1.165) is 21.7 Å². The van der Waals surface area contributed by atoms with Gasteiger partial charge in [0.25, 0.3) is 0 Å². The van der Waals surface area contributed by atoms with Crippen LogP contribution in [0.4, 0.5) is 0 Å². The van der Waals surface area contributed by atoms with Crippen LogP contribution in [-0.2, 0) is 11.2 Å². The van der Waals surface area contributed by atoms with Gasteiger partial charge in [-0.1, -0.05) is 30.3 Å². The summed E-state index contributed by atoms with van der Waals surface area (Å²) in [6.07, 6.45) is 6.88. The largest absolute Gasteiger partial charge is 0.447 e. The summed E-state index contributed by atoms with van der Waals surface area (Å²) in [4.78, 5) is 12.7. The van der Waals surface area contributed by atoms with Crippen molar-refractivity contribution >= 4 is 27.7 Å². The highest BCUT2D eigenvalue weighted by atomic mass is 16.5. The Hall–Kier alpha value is -4.37. The fraction of sp³-hybridized carbons (Fsp3) is 0.0417. The zero-order chi connectivity index (χ0) is 20.5. The first-order valence-electron chi connectivity index (χ1n) is 9.20. The molecule has 0 aliphatic heterocycles. The van der Waals surface area contributed by atoms with Crippen LogP contribution in [0, 0.1) is 12.3 Å². The van der Waals surface area contributed by atoms with Crippen LogP contribution in [-0.4, -0.2) is 16.2 Å². The van der Waals surface area contributed by atoms with Gasteiger partial charge in [-0.15, -0.1) is 16.6 Å². The van der Waals surface area contributed by atoms with E-state index < -0.39 is 5.97 Å². The molecule has 0 atom stereocenters. The summed E-state index contributed by atoms with van der Waals surface area (Å²) in [6, 6.07) is 18.5. The smallest absolute Gasteiger partial charge is 0.315 e. The number of nitrogens with zero attached hydrogens (tertiary/aromatic N) is 2. The molecule has 2 aromatic heterocycles. The summed E-state index contributed by atoms with van der Waals surface area (Å²) in [5.41, 5.74) is 2.03. The molecule has 0 radical (unpaired) electrons. The average molecular weight is 394 g/mol. The number of benzene rings is 3. The van der Waals surface area contributed by atoms with E-state index >= 15 is 0 Å². The first-order chi connectivity index (χ1) is 14.7. The van der Waals surface area contributed by atoms with E-state index in [1.165, 1.54) is 6.39 Å². The number of rotatable bonds is 4. The van der Waals surface area contributed by atoms with Crippen molar-refractivity contribution in [3.05, 3.63) is 78.4 Å². The molecule has 0 amide bonds. The van der Waals surface area contributed by atoms with Crippen molar-refractivity contribution in [2.75, 3.05) is 0 Å². The van der Waals surface area contributed by atoms with E-state index in [9.17, 15) is 4.79 Å². The molecule has 144 valence electrons. The number of terminal acetylenes is 1. The molecule has 6 heteroatoms. The number of hydrogen-bond donors (Lipinski definition) is 0. The van der Waals surface area contributed by atoms with Crippen LogP contribution in [0.5, 0.6) is 5.75 Å². The molecule has 3 aromatic carbocycles. The molecule has 0 bridgehead atoms. The first-order valence-corrected chi connectivity index (χ1v) is 9.20. The van der Waals surface area contributed by atoms with Crippen LogP contribution in [0.25, 0.3) is 33.2 Å². The Balaban J connectivity index is 1.44. The van der Waals surface area contributed by atoms with Crippen molar-refractivity contribution in [3.8, 4) is 29.5 Å². The molecule has 0 saturated carbocycles. The maximum atomic E-state index is 12.7. The van der Waals surface area contributed by atoms with Gasteiger partial charge in [0.15, 0.2) is 5.76 Å².